The molecule has 6 heteroatoms. The van der Waals surface area contributed by atoms with E-state index in [4.69, 9.17) is 6.57 Å². The second kappa shape index (κ2) is 14.1. The number of aromatic nitrogens is 2. The Hall–Kier alpha value is -7.36. The van der Waals surface area contributed by atoms with Crippen LogP contribution in [0.1, 0.15) is 33.4 Å². The first-order chi connectivity index (χ1) is 29.4. The fourth-order valence-corrected chi connectivity index (χ4v) is 9.60. The zero-order valence-electron chi connectivity index (χ0n) is 34.4. The molecule has 2 aromatic heterocycles. The molecule has 0 saturated carbocycles. The van der Waals surface area contributed by atoms with Crippen LogP contribution < -0.4 is 0 Å². The van der Waals surface area contributed by atoms with Crippen LogP contribution in [0.2, 0.25) is 0 Å². The summed E-state index contributed by atoms with van der Waals surface area (Å²) in [4.78, 5) is 4.35. The number of hydrogen-bond donors (Lipinski definition) is 0. The van der Waals surface area contributed by atoms with Crippen LogP contribution in [-0.4, -0.2) is 9.13 Å². The topological polar surface area (TPSA) is 14.2 Å². The van der Waals surface area contributed by atoms with E-state index in [0.717, 1.165) is 88.6 Å². The number of para-hydroxylation sites is 2. The Kier molecular flexibility index (Phi) is 8.78. The van der Waals surface area contributed by atoms with E-state index < -0.39 is 11.7 Å². The fourth-order valence-electron chi connectivity index (χ4n) is 9.60. The van der Waals surface area contributed by atoms with Crippen LogP contribution in [0.15, 0.2) is 152 Å². The number of hydrogen-bond acceptors (Lipinski definition) is 0. The number of benzene rings is 8. The molecule has 0 fully saturated rings. The molecule has 0 saturated heterocycles. The van der Waals surface area contributed by atoms with E-state index in [-0.39, 0.29) is 11.3 Å². The summed E-state index contributed by atoms with van der Waals surface area (Å²) in [6, 6.07) is 49.6. The Morgan fingerprint density at radius 3 is 1.51 bits per heavy atom. The summed E-state index contributed by atoms with van der Waals surface area (Å²) >= 11 is 0. The highest BCUT2D eigenvalue weighted by atomic mass is 19.4. The molecule has 2 heterocycles. The van der Waals surface area contributed by atoms with Crippen molar-refractivity contribution in [3.05, 3.63) is 196 Å². The quantitative estimate of drug-likeness (QED) is 0.154. The van der Waals surface area contributed by atoms with Crippen molar-refractivity contribution in [1.82, 2.24) is 9.13 Å². The molecule has 0 radical (unpaired) electrons. The van der Waals surface area contributed by atoms with Gasteiger partial charge in [-0.1, -0.05) is 126 Å². The minimum absolute atomic E-state index is 0.0530. The number of aryl methyl sites for hydroxylation is 5. The monoisotopic (exact) mass is 799 g/mol. The molecule has 0 unspecified atom stereocenters. The molecule has 0 spiro atoms. The Bertz CT molecular complexity index is 3480. The van der Waals surface area contributed by atoms with Gasteiger partial charge >= 0.3 is 6.18 Å². The maximum Gasteiger partial charge on any atom is 0.417 e. The van der Waals surface area contributed by atoms with Gasteiger partial charge in [-0.15, -0.1) is 0 Å². The van der Waals surface area contributed by atoms with Gasteiger partial charge in [0.15, 0.2) is 0 Å². The Morgan fingerprint density at radius 2 is 0.967 bits per heavy atom. The maximum atomic E-state index is 15.2. The molecule has 61 heavy (non-hydrogen) atoms. The summed E-state index contributed by atoms with van der Waals surface area (Å²) < 4.78 is 49.7. The van der Waals surface area contributed by atoms with Gasteiger partial charge in [0, 0.05) is 21.5 Å². The zero-order valence-corrected chi connectivity index (χ0v) is 34.4. The summed E-state index contributed by atoms with van der Waals surface area (Å²) in [6.45, 7) is 19.2. The van der Waals surface area contributed by atoms with Gasteiger partial charge in [-0.05, 0) is 121 Å². The number of rotatable bonds is 5. The highest BCUT2D eigenvalue weighted by Crippen LogP contribution is 2.49. The number of fused-ring (bicyclic) bond motifs is 6. The summed E-state index contributed by atoms with van der Waals surface area (Å²) in [5, 5.41) is 3.90. The van der Waals surface area contributed by atoms with Crippen LogP contribution in [0.4, 0.5) is 18.9 Å². The van der Waals surface area contributed by atoms with Crippen molar-refractivity contribution in [3.8, 4) is 44.8 Å². The van der Waals surface area contributed by atoms with E-state index in [1.54, 1.807) is 19.1 Å². The van der Waals surface area contributed by atoms with E-state index in [1.165, 1.54) is 11.6 Å². The second-order valence-electron chi connectivity index (χ2n) is 16.2. The standard InChI is InChI=1S/C55H40F3N3/c1-32-18-22-39(35(4)28-32)37-20-24-43-41-13-7-9-16-47(41)60(50(43)30-37)49-27-26-45(52-34(3)12-11-15-46(52)55(56,57)58)54(53(49)59-6)61-48-17-10-8-14-42(48)44-25-21-38(31-51(44)61)40-23-19-33(2)29-36(40)5/h7-31H,1-5H3. The lowest BCUT2D eigenvalue weighted by Crippen LogP contribution is -2.10. The minimum Gasteiger partial charge on any atom is -0.319 e. The van der Waals surface area contributed by atoms with Gasteiger partial charge in [-0.2, -0.15) is 13.2 Å². The van der Waals surface area contributed by atoms with Crippen LogP contribution in [0.25, 0.3) is 93.2 Å². The molecule has 0 atom stereocenters. The van der Waals surface area contributed by atoms with Crippen LogP contribution in [0.5, 0.6) is 0 Å². The van der Waals surface area contributed by atoms with Gasteiger partial charge in [0.2, 0.25) is 5.69 Å². The van der Waals surface area contributed by atoms with Crippen molar-refractivity contribution >= 4 is 49.3 Å². The number of halogens is 3. The molecular formula is C55H40F3N3. The van der Waals surface area contributed by atoms with E-state index in [1.807, 2.05) is 53.1 Å². The third-order valence-corrected chi connectivity index (χ3v) is 12.3. The molecule has 0 aliphatic heterocycles. The first-order valence-corrected chi connectivity index (χ1v) is 20.4. The Labute approximate surface area is 352 Å². The fraction of sp³-hybridized carbons (Fsp3) is 0.109. The molecule has 296 valence electrons. The SMILES string of the molecule is [C-]#[N+]c1c(-n2c3ccccc3c3ccc(-c4ccc(C)cc4C)cc32)ccc(-c2c(C)cccc2C(F)(F)F)c1-n1c2ccccc2c2ccc(-c3ccc(C)cc3C)cc21. The molecule has 8 aromatic carbocycles. The molecular weight excluding hydrogens is 760 g/mol. The maximum absolute atomic E-state index is 15.2. The lowest BCUT2D eigenvalue weighted by Gasteiger charge is -2.23. The third-order valence-electron chi connectivity index (χ3n) is 12.3. The molecule has 3 nitrogen and oxygen atoms in total. The van der Waals surface area contributed by atoms with Crippen LogP contribution in [0.3, 0.4) is 0 Å². The van der Waals surface area contributed by atoms with Crippen molar-refractivity contribution in [1.29, 1.82) is 0 Å². The van der Waals surface area contributed by atoms with E-state index in [0.29, 0.717) is 22.5 Å². The third kappa shape index (κ3) is 6.03. The first-order valence-electron chi connectivity index (χ1n) is 20.4. The minimum atomic E-state index is -4.65. The van der Waals surface area contributed by atoms with Gasteiger partial charge < -0.3 is 9.13 Å². The van der Waals surface area contributed by atoms with Crippen LogP contribution in [0, 0.1) is 41.2 Å². The van der Waals surface area contributed by atoms with Crippen molar-refractivity contribution in [2.75, 3.05) is 0 Å². The summed E-state index contributed by atoms with van der Waals surface area (Å²) in [5.41, 5.74) is 13.5. The average Bonchev–Trinajstić information content (AvgIpc) is 3.74. The van der Waals surface area contributed by atoms with E-state index >= 15 is 13.2 Å². The molecule has 0 amide bonds. The van der Waals surface area contributed by atoms with Crippen LogP contribution >= 0.6 is 0 Å². The zero-order chi connectivity index (χ0) is 42.3. The van der Waals surface area contributed by atoms with Crippen molar-refractivity contribution in [2.45, 2.75) is 40.8 Å². The van der Waals surface area contributed by atoms with Gasteiger partial charge in [0.05, 0.1) is 45.6 Å². The van der Waals surface area contributed by atoms with Gasteiger partial charge in [0.1, 0.15) is 0 Å². The normalized spacial score (nSPS) is 11.9. The van der Waals surface area contributed by atoms with Crippen molar-refractivity contribution < 1.29 is 13.2 Å². The van der Waals surface area contributed by atoms with Gasteiger partial charge in [-0.3, -0.25) is 0 Å². The molecule has 10 rings (SSSR count). The molecule has 10 aromatic rings. The number of nitrogens with zero attached hydrogens (tertiary/aromatic N) is 3. The highest BCUT2D eigenvalue weighted by Gasteiger charge is 2.36. The molecule has 0 aliphatic carbocycles. The Morgan fingerprint density at radius 1 is 0.459 bits per heavy atom. The van der Waals surface area contributed by atoms with E-state index in [9.17, 15) is 0 Å². The smallest absolute Gasteiger partial charge is 0.319 e. The molecule has 0 bridgehead atoms. The average molecular weight is 800 g/mol. The number of alkyl halides is 3. The van der Waals surface area contributed by atoms with Crippen molar-refractivity contribution in [2.24, 2.45) is 0 Å². The van der Waals surface area contributed by atoms with E-state index in [2.05, 4.69) is 116 Å². The lowest BCUT2D eigenvalue weighted by atomic mass is 9.92. The highest BCUT2D eigenvalue weighted by molar-refractivity contribution is 6.13. The van der Waals surface area contributed by atoms with Gasteiger partial charge in [-0.25, -0.2) is 4.85 Å². The first kappa shape index (κ1) is 37.9. The second-order valence-corrected chi connectivity index (χ2v) is 16.2. The predicted molar refractivity (Wildman–Crippen MR) is 246 cm³/mol. The van der Waals surface area contributed by atoms with Crippen molar-refractivity contribution in [3.63, 3.8) is 0 Å². The molecule has 0 N–H and O–H groups in total. The summed E-state index contributed by atoms with van der Waals surface area (Å²) in [6.07, 6.45) is -4.65. The Balaban J connectivity index is 1.37. The largest absolute Gasteiger partial charge is 0.417 e. The van der Waals surface area contributed by atoms with Crippen LogP contribution in [-0.2, 0) is 6.18 Å². The summed E-state index contributed by atoms with van der Waals surface area (Å²) in [7, 11) is 0. The van der Waals surface area contributed by atoms with Gasteiger partial charge in [0.25, 0.3) is 0 Å². The summed E-state index contributed by atoms with van der Waals surface area (Å²) in [5.74, 6) is 0. The predicted octanol–water partition coefficient (Wildman–Crippen LogP) is 16.0. The lowest BCUT2D eigenvalue weighted by molar-refractivity contribution is -0.137. The molecule has 0 aliphatic rings.